The highest BCUT2D eigenvalue weighted by atomic mass is 79.9. The van der Waals surface area contributed by atoms with Crippen LogP contribution >= 0.6 is 15.9 Å². The molecular weight excluding hydrogens is 333 g/mol. The Morgan fingerprint density at radius 2 is 2.26 bits per heavy atom. The molecule has 19 heavy (non-hydrogen) atoms. The Hall–Kier alpha value is -0.460. The van der Waals surface area contributed by atoms with Crippen molar-refractivity contribution >= 4 is 25.8 Å². The summed E-state index contributed by atoms with van der Waals surface area (Å²) in [5.74, 6) is 0.385. The maximum atomic E-state index is 13.2. The van der Waals surface area contributed by atoms with Gasteiger partial charge < -0.3 is 5.32 Å². The largest absolute Gasteiger partial charge is 0.316 e. The van der Waals surface area contributed by atoms with Gasteiger partial charge in [0.1, 0.15) is 5.82 Å². The molecule has 6 heteroatoms. The number of halogens is 2. The Bertz CT molecular complexity index is 562. The van der Waals surface area contributed by atoms with E-state index in [2.05, 4.69) is 21.2 Å². The molecule has 1 aliphatic rings. The second-order valence-corrected chi connectivity index (χ2v) is 8.09. The fourth-order valence-electron chi connectivity index (χ4n) is 2.57. The van der Waals surface area contributed by atoms with Crippen molar-refractivity contribution in [2.45, 2.75) is 18.9 Å². The van der Waals surface area contributed by atoms with Crippen LogP contribution < -0.4 is 5.32 Å². The minimum atomic E-state index is -2.87. The molecule has 3 nitrogen and oxygen atoms in total. The van der Waals surface area contributed by atoms with Gasteiger partial charge >= 0.3 is 0 Å². The monoisotopic (exact) mass is 349 g/mol. The predicted molar refractivity (Wildman–Crippen MR) is 77.4 cm³/mol. The Morgan fingerprint density at radius 3 is 2.79 bits per heavy atom. The summed E-state index contributed by atoms with van der Waals surface area (Å²) in [6.45, 7) is 0. The van der Waals surface area contributed by atoms with E-state index >= 15 is 0 Å². The van der Waals surface area contributed by atoms with Gasteiger partial charge in [-0.2, -0.15) is 0 Å². The van der Waals surface area contributed by atoms with Gasteiger partial charge in [-0.25, -0.2) is 12.8 Å². The van der Waals surface area contributed by atoms with Crippen LogP contribution in [0.25, 0.3) is 0 Å². The third kappa shape index (κ3) is 3.77. The number of nitrogens with one attached hydrogen (secondary N) is 1. The van der Waals surface area contributed by atoms with Crippen LogP contribution in [-0.4, -0.2) is 33.0 Å². The number of likely N-dealkylation sites (N-methyl/N-ethyl adjacent to an activating group) is 1. The summed E-state index contributed by atoms with van der Waals surface area (Å²) in [4.78, 5) is 0. The molecule has 0 saturated carbocycles. The lowest BCUT2D eigenvalue weighted by Crippen LogP contribution is -2.36. The molecule has 0 amide bonds. The van der Waals surface area contributed by atoms with Crippen LogP contribution in [-0.2, 0) is 16.3 Å². The molecule has 0 spiro atoms. The summed E-state index contributed by atoms with van der Waals surface area (Å²) in [5, 5.41) is 3.19. The fraction of sp³-hybridized carbons (Fsp3) is 0.538. The van der Waals surface area contributed by atoms with E-state index in [0.717, 1.165) is 5.56 Å². The number of hydrogen-bond acceptors (Lipinski definition) is 3. The first-order chi connectivity index (χ1) is 8.91. The highest BCUT2D eigenvalue weighted by Crippen LogP contribution is 2.25. The van der Waals surface area contributed by atoms with Gasteiger partial charge in [-0.3, -0.25) is 0 Å². The van der Waals surface area contributed by atoms with Crippen LogP contribution in [0.5, 0.6) is 0 Å². The van der Waals surface area contributed by atoms with Crippen LogP contribution in [0.15, 0.2) is 22.7 Å². The van der Waals surface area contributed by atoms with Crippen LogP contribution in [0.1, 0.15) is 12.0 Å². The average Bonchev–Trinajstić information content (AvgIpc) is 2.71. The van der Waals surface area contributed by atoms with Gasteiger partial charge in [0.25, 0.3) is 0 Å². The first-order valence-corrected chi connectivity index (χ1v) is 8.84. The van der Waals surface area contributed by atoms with E-state index in [1.54, 1.807) is 12.1 Å². The Labute approximate surface area is 121 Å². The Balaban J connectivity index is 2.09. The van der Waals surface area contributed by atoms with Gasteiger partial charge in [-0.1, -0.05) is 6.07 Å². The zero-order chi connectivity index (χ0) is 14.0. The van der Waals surface area contributed by atoms with E-state index in [0.29, 0.717) is 17.3 Å². The minimum absolute atomic E-state index is 0.106. The van der Waals surface area contributed by atoms with Crippen molar-refractivity contribution in [1.29, 1.82) is 0 Å². The summed E-state index contributed by atoms with van der Waals surface area (Å²) in [6, 6.07) is 5.03. The zero-order valence-corrected chi connectivity index (χ0v) is 13.1. The van der Waals surface area contributed by atoms with Crippen molar-refractivity contribution in [3.8, 4) is 0 Å². The maximum absolute atomic E-state index is 13.2. The molecular formula is C13H17BrFNO2S. The van der Waals surface area contributed by atoms with Gasteiger partial charge in [0, 0.05) is 6.04 Å². The van der Waals surface area contributed by atoms with Gasteiger partial charge in [-0.05, 0) is 59.4 Å². The van der Waals surface area contributed by atoms with Gasteiger partial charge in [-0.15, -0.1) is 0 Å². The molecule has 2 rings (SSSR count). The van der Waals surface area contributed by atoms with Gasteiger partial charge in [0.05, 0.1) is 16.0 Å². The molecule has 1 aliphatic heterocycles. The molecule has 0 bridgehead atoms. The Kier molecular flexibility index (Phi) is 4.63. The number of hydrogen-bond donors (Lipinski definition) is 1. The zero-order valence-electron chi connectivity index (χ0n) is 10.7. The molecule has 1 aromatic rings. The molecule has 1 saturated heterocycles. The van der Waals surface area contributed by atoms with Crippen LogP contribution in [0.3, 0.4) is 0 Å². The number of rotatable bonds is 4. The first-order valence-electron chi connectivity index (χ1n) is 6.23. The van der Waals surface area contributed by atoms with Crippen molar-refractivity contribution in [2.75, 3.05) is 18.6 Å². The third-order valence-electron chi connectivity index (χ3n) is 3.65. The van der Waals surface area contributed by atoms with Crippen LogP contribution in [0, 0.1) is 11.7 Å². The number of benzene rings is 1. The van der Waals surface area contributed by atoms with Gasteiger partial charge in [0.2, 0.25) is 0 Å². The second-order valence-electron chi connectivity index (χ2n) is 5.01. The average molecular weight is 350 g/mol. The SMILES string of the molecule is CNC(Cc1ccc(F)c(Br)c1)C1CCS(=O)(=O)C1. The molecule has 0 aliphatic carbocycles. The van der Waals surface area contributed by atoms with Crippen LogP contribution in [0.2, 0.25) is 0 Å². The van der Waals surface area contributed by atoms with Crippen molar-refractivity contribution in [2.24, 2.45) is 5.92 Å². The lowest BCUT2D eigenvalue weighted by molar-refractivity contribution is 0.403. The lowest BCUT2D eigenvalue weighted by Gasteiger charge is -2.22. The molecule has 106 valence electrons. The summed E-state index contributed by atoms with van der Waals surface area (Å²) in [6.07, 6.45) is 1.41. The molecule has 1 N–H and O–H groups in total. The highest BCUT2D eigenvalue weighted by molar-refractivity contribution is 9.10. The van der Waals surface area contributed by atoms with Crippen molar-refractivity contribution in [3.63, 3.8) is 0 Å². The smallest absolute Gasteiger partial charge is 0.150 e. The second kappa shape index (κ2) is 5.89. The van der Waals surface area contributed by atoms with Crippen molar-refractivity contribution < 1.29 is 12.8 Å². The molecule has 1 aromatic carbocycles. The summed E-state index contributed by atoms with van der Waals surface area (Å²) in [5.41, 5.74) is 0.997. The predicted octanol–water partition coefficient (Wildman–Crippen LogP) is 2.15. The summed E-state index contributed by atoms with van der Waals surface area (Å²) >= 11 is 3.17. The normalized spacial score (nSPS) is 23.4. The highest BCUT2D eigenvalue weighted by Gasteiger charge is 2.32. The minimum Gasteiger partial charge on any atom is -0.316 e. The van der Waals surface area contributed by atoms with E-state index in [-0.39, 0.29) is 29.3 Å². The quantitative estimate of drug-likeness (QED) is 0.905. The van der Waals surface area contributed by atoms with E-state index in [9.17, 15) is 12.8 Å². The van der Waals surface area contributed by atoms with Crippen LogP contribution in [0.4, 0.5) is 4.39 Å². The van der Waals surface area contributed by atoms with E-state index < -0.39 is 9.84 Å². The van der Waals surface area contributed by atoms with Crippen molar-refractivity contribution in [3.05, 3.63) is 34.1 Å². The molecule has 1 heterocycles. The standard InChI is InChI=1S/C13H17BrFNO2S/c1-16-13(10-4-5-19(17,18)8-10)7-9-2-3-12(15)11(14)6-9/h2-3,6,10,13,16H,4-5,7-8H2,1H3. The van der Waals surface area contributed by atoms with E-state index in [1.165, 1.54) is 6.07 Å². The first kappa shape index (κ1) is 14.9. The maximum Gasteiger partial charge on any atom is 0.150 e. The van der Waals surface area contributed by atoms with Crippen molar-refractivity contribution in [1.82, 2.24) is 5.32 Å². The third-order valence-corrected chi connectivity index (χ3v) is 6.05. The summed E-state index contributed by atoms with van der Waals surface area (Å²) < 4.78 is 36.7. The number of sulfone groups is 1. The molecule has 1 fully saturated rings. The topological polar surface area (TPSA) is 46.2 Å². The summed E-state index contributed by atoms with van der Waals surface area (Å²) in [7, 11) is -1.03. The lowest BCUT2D eigenvalue weighted by atomic mass is 9.93. The fourth-order valence-corrected chi connectivity index (χ4v) is 4.87. The van der Waals surface area contributed by atoms with E-state index in [4.69, 9.17) is 0 Å². The molecule has 2 atom stereocenters. The Morgan fingerprint density at radius 1 is 1.53 bits per heavy atom. The molecule has 0 radical (unpaired) electrons. The molecule has 2 unspecified atom stereocenters. The molecule has 0 aromatic heterocycles. The van der Waals surface area contributed by atoms with E-state index in [1.807, 2.05) is 7.05 Å². The van der Waals surface area contributed by atoms with Gasteiger partial charge in [0.15, 0.2) is 9.84 Å².